The Labute approximate surface area is 116 Å². The summed E-state index contributed by atoms with van der Waals surface area (Å²) in [5.41, 5.74) is 2.74. The van der Waals surface area contributed by atoms with Gasteiger partial charge in [-0.2, -0.15) is 0 Å². The third kappa shape index (κ3) is 3.97. The molecule has 0 amide bonds. The zero-order valence-electron chi connectivity index (χ0n) is 12.0. The number of benzene rings is 1. The highest BCUT2D eigenvalue weighted by molar-refractivity contribution is 5.19. The first-order valence-corrected chi connectivity index (χ1v) is 7.26. The molecule has 1 aromatic heterocycles. The molecule has 2 heteroatoms. The van der Waals surface area contributed by atoms with E-state index in [4.69, 9.17) is 0 Å². The maximum atomic E-state index is 3.60. The van der Waals surface area contributed by atoms with E-state index >= 15 is 0 Å². The lowest BCUT2D eigenvalue weighted by Crippen LogP contribution is -2.21. The highest BCUT2D eigenvalue weighted by Crippen LogP contribution is 2.17. The van der Waals surface area contributed by atoms with Gasteiger partial charge in [-0.25, -0.2) is 0 Å². The van der Waals surface area contributed by atoms with Crippen molar-refractivity contribution in [1.82, 2.24) is 9.88 Å². The number of aromatic nitrogens is 1. The van der Waals surface area contributed by atoms with Crippen molar-refractivity contribution in [2.45, 2.75) is 39.3 Å². The Morgan fingerprint density at radius 1 is 1.11 bits per heavy atom. The maximum absolute atomic E-state index is 3.60. The molecule has 0 saturated heterocycles. The molecule has 0 aliphatic rings. The van der Waals surface area contributed by atoms with Crippen LogP contribution >= 0.6 is 0 Å². The molecule has 102 valence electrons. The van der Waals surface area contributed by atoms with Gasteiger partial charge in [0.05, 0.1) is 0 Å². The fourth-order valence-corrected chi connectivity index (χ4v) is 2.37. The summed E-state index contributed by atoms with van der Waals surface area (Å²) >= 11 is 0. The van der Waals surface area contributed by atoms with Gasteiger partial charge in [-0.3, -0.25) is 0 Å². The first-order chi connectivity index (χ1) is 9.33. The number of nitrogens with one attached hydrogen (secondary N) is 1. The van der Waals surface area contributed by atoms with Crippen LogP contribution in [0.2, 0.25) is 0 Å². The van der Waals surface area contributed by atoms with E-state index in [9.17, 15) is 0 Å². The molecule has 1 atom stereocenters. The molecule has 1 N–H and O–H groups in total. The Bertz CT molecular complexity index is 473. The largest absolute Gasteiger partial charge is 0.350 e. The van der Waals surface area contributed by atoms with Crippen LogP contribution < -0.4 is 5.32 Å². The SMILES string of the molecule is CCCNC(CC)c1ccn(Cc2ccccc2)c1. The minimum atomic E-state index is 0.483. The first kappa shape index (κ1) is 13.9. The summed E-state index contributed by atoms with van der Waals surface area (Å²) in [5.74, 6) is 0. The highest BCUT2D eigenvalue weighted by atomic mass is 15.0. The van der Waals surface area contributed by atoms with Crippen LogP contribution in [0.1, 0.15) is 43.9 Å². The maximum Gasteiger partial charge on any atom is 0.0470 e. The van der Waals surface area contributed by atoms with Crippen molar-refractivity contribution in [3.05, 3.63) is 59.9 Å². The topological polar surface area (TPSA) is 17.0 Å². The van der Waals surface area contributed by atoms with Gasteiger partial charge in [0.25, 0.3) is 0 Å². The number of rotatable bonds is 7. The predicted octanol–water partition coefficient (Wildman–Crippen LogP) is 3.99. The van der Waals surface area contributed by atoms with E-state index in [1.165, 1.54) is 17.5 Å². The molecule has 0 radical (unpaired) electrons. The van der Waals surface area contributed by atoms with E-state index in [2.05, 4.69) is 72.5 Å². The average molecular weight is 256 g/mol. The molecule has 0 aliphatic heterocycles. The van der Waals surface area contributed by atoms with E-state index in [-0.39, 0.29) is 0 Å². The number of hydrogen-bond donors (Lipinski definition) is 1. The van der Waals surface area contributed by atoms with Crippen molar-refractivity contribution >= 4 is 0 Å². The summed E-state index contributed by atoms with van der Waals surface area (Å²) in [6.07, 6.45) is 6.76. The molecule has 0 saturated carbocycles. The fraction of sp³-hybridized carbons (Fsp3) is 0.412. The van der Waals surface area contributed by atoms with Gasteiger partial charge in [0, 0.05) is 25.0 Å². The second-order valence-electron chi connectivity index (χ2n) is 5.02. The highest BCUT2D eigenvalue weighted by Gasteiger charge is 2.09. The van der Waals surface area contributed by atoms with Gasteiger partial charge < -0.3 is 9.88 Å². The Kier molecular flexibility index (Phi) is 5.22. The van der Waals surface area contributed by atoms with E-state index in [1.807, 2.05) is 0 Å². The quantitative estimate of drug-likeness (QED) is 0.792. The molecule has 2 rings (SSSR count). The molecule has 1 aromatic carbocycles. The van der Waals surface area contributed by atoms with Gasteiger partial charge in [0.15, 0.2) is 0 Å². The Balaban J connectivity index is 2.01. The third-order valence-electron chi connectivity index (χ3n) is 3.43. The first-order valence-electron chi connectivity index (χ1n) is 7.26. The van der Waals surface area contributed by atoms with E-state index in [0.29, 0.717) is 6.04 Å². The van der Waals surface area contributed by atoms with Crippen molar-refractivity contribution in [3.63, 3.8) is 0 Å². The minimum absolute atomic E-state index is 0.483. The van der Waals surface area contributed by atoms with Crippen LogP contribution in [-0.2, 0) is 6.54 Å². The van der Waals surface area contributed by atoms with Gasteiger partial charge in [-0.15, -0.1) is 0 Å². The smallest absolute Gasteiger partial charge is 0.0470 e. The molecular formula is C17H24N2. The van der Waals surface area contributed by atoms with Gasteiger partial charge >= 0.3 is 0 Å². The van der Waals surface area contributed by atoms with Crippen LogP contribution in [0.15, 0.2) is 48.8 Å². The average Bonchev–Trinajstić information content (AvgIpc) is 2.89. The van der Waals surface area contributed by atoms with Crippen LogP contribution in [0.3, 0.4) is 0 Å². The summed E-state index contributed by atoms with van der Waals surface area (Å²) in [5, 5.41) is 3.60. The van der Waals surface area contributed by atoms with E-state index in [0.717, 1.165) is 19.5 Å². The van der Waals surface area contributed by atoms with Crippen molar-refractivity contribution < 1.29 is 0 Å². The van der Waals surface area contributed by atoms with E-state index in [1.54, 1.807) is 0 Å². The van der Waals surface area contributed by atoms with Crippen LogP contribution in [0.25, 0.3) is 0 Å². The van der Waals surface area contributed by atoms with Gasteiger partial charge in [0.2, 0.25) is 0 Å². The van der Waals surface area contributed by atoms with E-state index < -0.39 is 0 Å². The summed E-state index contributed by atoms with van der Waals surface area (Å²) in [4.78, 5) is 0. The molecule has 2 aromatic rings. The standard InChI is InChI=1S/C17H24N2/c1-3-11-18-17(4-2)16-10-12-19(14-16)13-15-8-6-5-7-9-15/h5-10,12,14,17-18H,3-4,11,13H2,1-2H3. The van der Waals surface area contributed by atoms with Crippen molar-refractivity contribution in [3.8, 4) is 0 Å². The van der Waals surface area contributed by atoms with Crippen molar-refractivity contribution in [1.29, 1.82) is 0 Å². The second-order valence-corrected chi connectivity index (χ2v) is 5.02. The van der Waals surface area contributed by atoms with Gasteiger partial charge in [-0.1, -0.05) is 44.2 Å². The van der Waals surface area contributed by atoms with Crippen LogP contribution in [0.5, 0.6) is 0 Å². The van der Waals surface area contributed by atoms with Crippen molar-refractivity contribution in [2.24, 2.45) is 0 Å². The molecule has 0 bridgehead atoms. The Hall–Kier alpha value is -1.54. The second kappa shape index (κ2) is 7.15. The Morgan fingerprint density at radius 3 is 2.58 bits per heavy atom. The zero-order valence-corrected chi connectivity index (χ0v) is 12.0. The monoisotopic (exact) mass is 256 g/mol. The number of hydrogen-bond acceptors (Lipinski definition) is 1. The molecular weight excluding hydrogens is 232 g/mol. The summed E-state index contributed by atoms with van der Waals surface area (Å²) < 4.78 is 2.26. The normalized spacial score (nSPS) is 12.5. The van der Waals surface area contributed by atoms with Crippen LogP contribution in [-0.4, -0.2) is 11.1 Å². The summed E-state index contributed by atoms with van der Waals surface area (Å²) in [6, 6.07) is 13.3. The fourth-order valence-electron chi connectivity index (χ4n) is 2.37. The zero-order chi connectivity index (χ0) is 13.5. The molecule has 0 spiro atoms. The number of nitrogens with zero attached hydrogens (tertiary/aromatic N) is 1. The summed E-state index contributed by atoms with van der Waals surface area (Å²) in [7, 11) is 0. The molecule has 0 aliphatic carbocycles. The van der Waals surface area contributed by atoms with Crippen LogP contribution in [0.4, 0.5) is 0 Å². The summed E-state index contributed by atoms with van der Waals surface area (Å²) in [6.45, 7) is 6.48. The molecule has 0 fully saturated rings. The third-order valence-corrected chi connectivity index (χ3v) is 3.43. The lowest BCUT2D eigenvalue weighted by molar-refractivity contribution is 0.517. The lowest BCUT2D eigenvalue weighted by atomic mass is 10.1. The molecule has 1 heterocycles. The van der Waals surface area contributed by atoms with Gasteiger partial charge in [0.1, 0.15) is 0 Å². The molecule has 19 heavy (non-hydrogen) atoms. The van der Waals surface area contributed by atoms with Gasteiger partial charge in [-0.05, 0) is 36.6 Å². The van der Waals surface area contributed by atoms with Crippen molar-refractivity contribution in [2.75, 3.05) is 6.54 Å². The Morgan fingerprint density at radius 2 is 1.89 bits per heavy atom. The molecule has 1 unspecified atom stereocenters. The van der Waals surface area contributed by atoms with Crippen LogP contribution in [0, 0.1) is 0 Å². The molecule has 2 nitrogen and oxygen atoms in total. The predicted molar refractivity (Wildman–Crippen MR) is 81.3 cm³/mol. The minimum Gasteiger partial charge on any atom is -0.350 e. The lowest BCUT2D eigenvalue weighted by Gasteiger charge is -2.15.